The summed E-state index contributed by atoms with van der Waals surface area (Å²) in [6.45, 7) is 3.98. The van der Waals surface area contributed by atoms with Crippen LogP contribution in [-0.2, 0) is 11.2 Å². The lowest BCUT2D eigenvalue weighted by molar-refractivity contribution is -0.123. The average Bonchev–Trinajstić information content (AvgIpc) is 2.88. The number of carbonyl (C=O) groups excluding carboxylic acids is 2. The van der Waals surface area contributed by atoms with Crippen LogP contribution in [0.1, 0.15) is 34.3 Å². The Balaban J connectivity index is 1.93. The molecule has 0 saturated carbocycles. The first-order valence-corrected chi connectivity index (χ1v) is 7.55. The van der Waals surface area contributed by atoms with E-state index in [-0.39, 0.29) is 17.6 Å². The summed E-state index contributed by atoms with van der Waals surface area (Å²) in [5.41, 5.74) is 5.34. The van der Waals surface area contributed by atoms with Gasteiger partial charge in [-0.25, -0.2) is 0 Å². The fourth-order valence-corrected chi connectivity index (χ4v) is 3.31. The van der Waals surface area contributed by atoms with Crippen molar-refractivity contribution in [3.05, 3.63) is 21.9 Å². The fourth-order valence-electron chi connectivity index (χ4n) is 2.43. The SMILES string of the molecule is CCc1ccc(C(=O)CN2CCCC(C(N)=O)C2)s1. The zero-order valence-corrected chi connectivity index (χ0v) is 12.0. The van der Waals surface area contributed by atoms with E-state index in [0.29, 0.717) is 13.1 Å². The largest absolute Gasteiger partial charge is 0.369 e. The monoisotopic (exact) mass is 280 g/mol. The Bertz CT molecular complexity index is 470. The summed E-state index contributed by atoms with van der Waals surface area (Å²) >= 11 is 1.57. The Labute approximate surface area is 117 Å². The predicted octanol–water partition coefficient (Wildman–Crippen LogP) is 1.69. The van der Waals surface area contributed by atoms with E-state index in [2.05, 4.69) is 6.92 Å². The third-order valence-electron chi connectivity index (χ3n) is 3.56. The molecule has 2 heterocycles. The standard InChI is InChI=1S/C14H20N2O2S/c1-2-11-5-6-13(19-11)12(17)9-16-7-3-4-10(8-16)14(15)18/h5-6,10H,2-4,7-9H2,1H3,(H2,15,18). The number of nitrogens with two attached hydrogens (primary N) is 1. The van der Waals surface area contributed by atoms with Gasteiger partial charge in [-0.3, -0.25) is 14.5 Å². The van der Waals surface area contributed by atoms with Crippen molar-refractivity contribution in [1.82, 2.24) is 4.90 Å². The van der Waals surface area contributed by atoms with Gasteiger partial charge in [0, 0.05) is 11.4 Å². The van der Waals surface area contributed by atoms with Crippen LogP contribution >= 0.6 is 11.3 Å². The number of thiophene rings is 1. The van der Waals surface area contributed by atoms with Gasteiger partial charge in [-0.05, 0) is 37.9 Å². The zero-order valence-electron chi connectivity index (χ0n) is 11.2. The van der Waals surface area contributed by atoms with E-state index >= 15 is 0 Å². The molecule has 1 atom stereocenters. The molecule has 0 bridgehead atoms. The lowest BCUT2D eigenvalue weighted by Gasteiger charge is -2.30. The molecule has 1 aliphatic heterocycles. The minimum absolute atomic E-state index is 0.101. The minimum Gasteiger partial charge on any atom is -0.369 e. The molecule has 2 N–H and O–H groups in total. The van der Waals surface area contributed by atoms with Crippen molar-refractivity contribution in [3.63, 3.8) is 0 Å². The van der Waals surface area contributed by atoms with Crippen molar-refractivity contribution < 1.29 is 9.59 Å². The Morgan fingerprint density at radius 1 is 1.47 bits per heavy atom. The van der Waals surface area contributed by atoms with Crippen LogP contribution in [0.3, 0.4) is 0 Å². The molecule has 1 aliphatic rings. The highest BCUT2D eigenvalue weighted by molar-refractivity contribution is 7.14. The number of primary amides is 1. The van der Waals surface area contributed by atoms with Crippen LogP contribution in [0.25, 0.3) is 0 Å². The van der Waals surface area contributed by atoms with Gasteiger partial charge in [0.25, 0.3) is 0 Å². The van der Waals surface area contributed by atoms with Crippen LogP contribution < -0.4 is 5.73 Å². The average molecular weight is 280 g/mol. The molecule has 1 aromatic rings. The lowest BCUT2D eigenvalue weighted by atomic mass is 9.97. The molecule has 1 saturated heterocycles. The number of likely N-dealkylation sites (tertiary alicyclic amines) is 1. The molecule has 2 rings (SSSR count). The van der Waals surface area contributed by atoms with Gasteiger partial charge in [0.05, 0.1) is 17.3 Å². The first kappa shape index (κ1) is 14.2. The third kappa shape index (κ3) is 3.64. The number of piperidine rings is 1. The van der Waals surface area contributed by atoms with Gasteiger partial charge >= 0.3 is 0 Å². The molecule has 0 spiro atoms. The number of amides is 1. The molecule has 19 heavy (non-hydrogen) atoms. The van der Waals surface area contributed by atoms with Crippen molar-refractivity contribution >= 4 is 23.0 Å². The number of aryl methyl sites for hydroxylation is 1. The van der Waals surface area contributed by atoms with E-state index in [4.69, 9.17) is 5.73 Å². The summed E-state index contributed by atoms with van der Waals surface area (Å²) < 4.78 is 0. The third-order valence-corrected chi connectivity index (χ3v) is 4.83. The van der Waals surface area contributed by atoms with Gasteiger partial charge in [0.1, 0.15) is 0 Å². The van der Waals surface area contributed by atoms with Crippen LogP contribution in [0.5, 0.6) is 0 Å². The molecule has 5 heteroatoms. The van der Waals surface area contributed by atoms with E-state index in [1.165, 1.54) is 4.88 Å². The van der Waals surface area contributed by atoms with Crippen LogP contribution in [0.2, 0.25) is 0 Å². The lowest BCUT2D eigenvalue weighted by Crippen LogP contribution is -2.43. The zero-order chi connectivity index (χ0) is 13.8. The maximum absolute atomic E-state index is 12.2. The minimum atomic E-state index is -0.249. The first-order valence-electron chi connectivity index (χ1n) is 6.73. The van der Waals surface area contributed by atoms with E-state index in [1.807, 2.05) is 17.0 Å². The highest BCUT2D eigenvalue weighted by Crippen LogP contribution is 2.20. The van der Waals surface area contributed by atoms with Crippen LogP contribution in [0, 0.1) is 5.92 Å². The number of Topliss-reactive ketones (excluding diaryl/α,β-unsaturated/α-hetero) is 1. The van der Waals surface area contributed by atoms with Crippen LogP contribution in [0.4, 0.5) is 0 Å². The second kappa shape index (κ2) is 6.30. The van der Waals surface area contributed by atoms with Gasteiger partial charge in [-0.2, -0.15) is 0 Å². The fraction of sp³-hybridized carbons (Fsp3) is 0.571. The van der Waals surface area contributed by atoms with Gasteiger partial charge < -0.3 is 5.73 Å². The van der Waals surface area contributed by atoms with Crippen LogP contribution in [0.15, 0.2) is 12.1 Å². The Kier molecular flexibility index (Phi) is 4.71. The molecule has 1 fully saturated rings. The topological polar surface area (TPSA) is 63.4 Å². The highest BCUT2D eigenvalue weighted by Gasteiger charge is 2.25. The maximum atomic E-state index is 12.2. The molecule has 1 aromatic heterocycles. The number of carbonyl (C=O) groups is 2. The molecule has 1 amide bonds. The summed E-state index contributed by atoms with van der Waals surface area (Å²) in [7, 11) is 0. The summed E-state index contributed by atoms with van der Waals surface area (Å²) in [4.78, 5) is 27.5. The van der Waals surface area contributed by atoms with Crippen molar-refractivity contribution in [2.24, 2.45) is 11.7 Å². The Morgan fingerprint density at radius 2 is 2.26 bits per heavy atom. The van der Waals surface area contributed by atoms with Crippen molar-refractivity contribution in [1.29, 1.82) is 0 Å². The molecule has 0 radical (unpaired) electrons. The van der Waals surface area contributed by atoms with Crippen molar-refractivity contribution in [2.45, 2.75) is 26.2 Å². The Hall–Kier alpha value is -1.20. The summed E-state index contributed by atoms with van der Waals surface area (Å²) in [5, 5.41) is 0. The molecule has 104 valence electrons. The highest BCUT2D eigenvalue weighted by atomic mass is 32.1. The number of hydrogen-bond acceptors (Lipinski definition) is 4. The normalized spacial score (nSPS) is 20.4. The molecule has 0 aromatic carbocycles. The summed E-state index contributed by atoms with van der Waals surface area (Å²) in [6, 6.07) is 3.92. The smallest absolute Gasteiger partial charge is 0.221 e. The van der Waals surface area contributed by atoms with Gasteiger partial charge in [0.15, 0.2) is 5.78 Å². The Morgan fingerprint density at radius 3 is 2.89 bits per heavy atom. The quantitative estimate of drug-likeness (QED) is 0.835. The van der Waals surface area contributed by atoms with E-state index in [0.717, 1.165) is 30.7 Å². The molecular formula is C14H20N2O2S. The number of ketones is 1. The second-order valence-corrected chi connectivity index (χ2v) is 6.19. The molecule has 0 aliphatic carbocycles. The van der Waals surface area contributed by atoms with E-state index in [1.54, 1.807) is 11.3 Å². The summed E-state index contributed by atoms with van der Waals surface area (Å²) in [5.74, 6) is -0.201. The summed E-state index contributed by atoms with van der Waals surface area (Å²) in [6.07, 6.45) is 2.75. The second-order valence-electron chi connectivity index (χ2n) is 5.02. The van der Waals surface area contributed by atoms with Crippen LogP contribution in [-0.4, -0.2) is 36.2 Å². The molecular weight excluding hydrogens is 260 g/mol. The first-order chi connectivity index (χ1) is 9.10. The molecule has 4 nitrogen and oxygen atoms in total. The number of nitrogens with zero attached hydrogens (tertiary/aromatic N) is 1. The van der Waals surface area contributed by atoms with Gasteiger partial charge in [0.2, 0.25) is 5.91 Å². The number of rotatable bonds is 5. The van der Waals surface area contributed by atoms with Gasteiger partial charge in [-0.15, -0.1) is 11.3 Å². The number of hydrogen-bond donors (Lipinski definition) is 1. The molecule has 1 unspecified atom stereocenters. The van der Waals surface area contributed by atoms with Crippen molar-refractivity contribution in [2.75, 3.05) is 19.6 Å². The van der Waals surface area contributed by atoms with Crippen molar-refractivity contribution in [3.8, 4) is 0 Å². The van der Waals surface area contributed by atoms with E-state index < -0.39 is 0 Å². The maximum Gasteiger partial charge on any atom is 0.221 e. The predicted molar refractivity (Wildman–Crippen MR) is 76.4 cm³/mol. The van der Waals surface area contributed by atoms with Gasteiger partial charge in [-0.1, -0.05) is 6.92 Å². The van der Waals surface area contributed by atoms with E-state index in [9.17, 15) is 9.59 Å².